The molecule has 27 heavy (non-hydrogen) atoms. The third-order valence-electron chi connectivity index (χ3n) is 5.31. The molecule has 1 aromatic heterocycles. The highest BCUT2D eigenvalue weighted by atomic mass is 35.5. The zero-order valence-electron chi connectivity index (χ0n) is 15.4. The van der Waals surface area contributed by atoms with Crippen molar-refractivity contribution in [1.29, 1.82) is 0 Å². The van der Waals surface area contributed by atoms with Crippen molar-refractivity contribution in [3.63, 3.8) is 0 Å². The van der Waals surface area contributed by atoms with Crippen LogP contribution in [0.5, 0.6) is 0 Å². The molecule has 0 spiro atoms. The number of rotatable bonds is 3. The molecule has 1 aromatic carbocycles. The van der Waals surface area contributed by atoms with Crippen LogP contribution < -0.4 is 5.32 Å². The maximum Gasteiger partial charge on any atom is 0.257 e. The second kappa shape index (κ2) is 8.61. The summed E-state index contributed by atoms with van der Waals surface area (Å²) in [5, 5.41) is 8.51. The fraction of sp³-hybridized carbons (Fsp3) is 0.474. The summed E-state index contributed by atoms with van der Waals surface area (Å²) in [6.07, 6.45) is 2.84. The highest BCUT2D eigenvalue weighted by Gasteiger charge is 2.33. The Morgan fingerprint density at radius 3 is 2.70 bits per heavy atom. The molecule has 6 nitrogen and oxygen atoms in total. The van der Waals surface area contributed by atoms with Gasteiger partial charge in [-0.2, -0.15) is 5.10 Å². The van der Waals surface area contributed by atoms with Crippen LogP contribution in [0.1, 0.15) is 16.8 Å². The van der Waals surface area contributed by atoms with E-state index in [1.54, 1.807) is 10.9 Å². The van der Waals surface area contributed by atoms with Gasteiger partial charge in [0.1, 0.15) is 5.69 Å². The molecule has 8 heteroatoms. The molecule has 1 unspecified atom stereocenters. The van der Waals surface area contributed by atoms with Crippen LogP contribution in [0.15, 0.2) is 30.5 Å². The number of carbonyl (C=O) groups excluding carboxylic acids is 1. The van der Waals surface area contributed by atoms with Crippen LogP contribution in [-0.2, 0) is 7.05 Å². The van der Waals surface area contributed by atoms with Crippen molar-refractivity contribution in [2.75, 3.05) is 39.3 Å². The number of halogens is 2. The van der Waals surface area contributed by atoms with Gasteiger partial charge in [0.15, 0.2) is 0 Å². The number of hydrogen-bond donors (Lipinski definition) is 1. The van der Waals surface area contributed by atoms with E-state index in [1.807, 2.05) is 36.2 Å². The Bertz CT molecular complexity index is 803. The number of nitrogens with one attached hydrogen (secondary N) is 1. The van der Waals surface area contributed by atoms with Crippen molar-refractivity contribution in [2.24, 2.45) is 7.05 Å². The van der Waals surface area contributed by atoms with Gasteiger partial charge in [0.05, 0.1) is 10.6 Å². The van der Waals surface area contributed by atoms with Crippen LogP contribution >= 0.6 is 24.0 Å². The van der Waals surface area contributed by atoms with Crippen LogP contribution in [0, 0.1) is 0 Å². The van der Waals surface area contributed by atoms with Crippen LogP contribution in [-0.4, -0.2) is 70.8 Å². The van der Waals surface area contributed by atoms with Gasteiger partial charge in [0.2, 0.25) is 0 Å². The predicted octanol–water partition coefficient (Wildman–Crippen LogP) is 2.28. The van der Waals surface area contributed by atoms with Crippen molar-refractivity contribution in [1.82, 2.24) is 24.9 Å². The number of likely N-dealkylation sites (tertiary alicyclic amines) is 1. The standard InChI is InChI=1S/C19H24ClN5O.ClH/c1-23-13-16(18(22-23)15-4-2-3-5-17(15)20)19(26)25-9-6-14(12-25)24-10-7-21-8-11-24;/h2-5,13-14,21H,6-12H2,1H3;1H. The second-order valence-corrected chi connectivity index (χ2v) is 7.43. The van der Waals surface area contributed by atoms with Gasteiger partial charge in [0, 0.05) is 64.1 Å². The molecule has 2 saturated heterocycles. The minimum absolute atomic E-state index is 0. The van der Waals surface area contributed by atoms with Gasteiger partial charge >= 0.3 is 0 Å². The largest absolute Gasteiger partial charge is 0.337 e. The molecule has 2 aliphatic heterocycles. The molecule has 1 N–H and O–H groups in total. The summed E-state index contributed by atoms with van der Waals surface area (Å²) in [5.74, 6) is 0.0469. The number of nitrogens with zero attached hydrogens (tertiary/aromatic N) is 4. The Hall–Kier alpha value is -1.60. The molecule has 4 rings (SSSR count). The van der Waals surface area contributed by atoms with E-state index in [-0.39, 0.29) is 18.3 Å². The first kappa shape index (κ1) is 20.1. The van der Waals surface area contributed by atoms with Gasteiger partial charge in [-0.05, 0) is 12.5 Å². The topological polar surface area (TPSA) is 53.4 Å². The van der Waals surface area contributed by atoms with Gasteiger partial charge < -0.3 is 10.2 Å². The number of benzene rings is 1. The Balaban J connectivity index is 0.00000210. The van der Waals surface area contributed by atoms with E-state index < -0.39 is 0 Å². The van der Waals surface area contributed by atoms with Crippen molar-refractivity contribution in [2.45, 2.75) is 12.5 Å². The van der Waals surface area contributed by atoms with Crippen LogP contribution in [0.3, 0.4) is 0 Å². The van der Waals surface area contributed by atoms with E-state index in [9.17, 15) is 4.79 Å². The average Bonchev–Trinajstić information content (AvgIpc) is 3.29. The SMILES string of the molecule is Cl.Cn1cc(C(=O)N2CCC(N3CCNCC3)C2)c(-c2ccccc2Cl)n1. The Morgan fingerprint density at radius 1 is 1.22 bits per heavy atom. The van der Waals surface area contributed by atoms with E-state index >= 15 is 0 Å². The Morgan fingerprint density at radius 2 is 1.96 bits per heavy atom. The third kappa shape index (κ3) is 4.14. The zero-order chi connectivity index (χ0) is 18.1. The van der Waals surface area contributed by atoms with Gasteiger partial charge in [-0.1, -0.05) is 29.8 Å². The van der Waals surface area contributed by atoms with Gasteiger partial charge in [-0.15, -0.1) is 12.4 Å². The van der Waals surface area contributed by atoms with Crippen molar-refractivity contribution < 1.29 is 4.79 Å². The number of aryl methyl sites for hydroxylation is 1. The van der Waals surface area contributed by atoms with Crippen molar-refractivity contribution in [3.05, 3.63) is 41.0 Å². The van der Waals surface area contributed by atoms with E-state index in [0.29, 0.717) is 22.3 Å². The highest BCUT2D eigenvalue weighted by Crippen LogP contribution is 2.30. The molecule has 1 amide bonds. The number of hydrogen-bond acceptors (Lipinski definition) is 4. The molecule has 1 atom stereocenters. The summed E-state index contributed by atoms with van der Waals surface area (Å²) in [7, 11) is 1.84. The summed E-state index contributed by atoms with van der Waals surface area (Å²) in [4.78, 5) is 17.7. The lowest BCUT2D eigenvalue weighted by atomic mass is 10.1. The summed E-state index contributed by atoms with van der Waals surface area (Å²) in [6.45, 7) is 5.77. The first-order valence-electron chi connectivity index (χ1n) is 9.16. The molecule has 0 saturated carbocycles. The fourth-order valence-corrected chi connectivity index (χ4v) is 4.16. The minimum atomic E-state index is 0. The van der Waals surface area contributed by atoms with Gasteiger partial charge in [-0.3, -0.25) is 14.4 Å². The maximum atomic E-state index is 13.2. The first-order valence-corrected chi connectivity index (χ1v) is 9.54. The summed E-state index contributed by atoms with van der Waals surface area (Å²) >= 11 is 6.34. The average molecular weight is 410 g/mol. The molecular formula is C19H25Cl2N5O. The normalized spacial score (nSPS) is 20.5. The number of amides is 1. The minimum Gasteiger partial charge on any atom is -0.337 e. The molecule has 0 bridgehead atoms. The first-order chi connectivity index (χ1) is 12.6. The Kier molecular flexibility index (Phi) is 6.42. The molecule has 2 fully saturated rings. The third-order valence-corrected chi connectivity index (χ3v) is 5.64. The lowest BCUT2D eigenvalue weighted by Crippen LogP contribution is -2.49. The lowest BCUT2D eigenvalue weighted by molar-refractivity contribution is 0.0774. The number of piperazine rings is 1. The number of aromatic nitrogens is 2. The quantitative estimate of drug-likeness (QED) is 0.844. The van der Waals surface area contributed by atoms with Crippen molar-refractivity contribution in [3.8, 4) is 11.3 Å². The van der Waals surface area contributed by atoms with Gasteiger partial charge in [0.25, 0.3) is 5.91 Å². The fourth-order valence-electron chi connectivity index (χ4n) is 3.94. The molecule has 0 aliphatic carbocycles. The molecule has 0 radical (unpaired) electrons. The molecule has 146 valence electrons. The van der Waals surface area contributed by atoms with E-state index in [0.717, 1.165) is 51.3 Å². The van der Waals surface area contributed by atoms with E-state index in [4.69, 9.17) is 11.6 Å². The zero-order valence-corrected chi connectivity index (χ0v) is 17.0. The highest BCUT2D eigenvalue weighted by molar-refractivity contribution is 6.33. The lowest BCUT2D eigenvalue weighted by Gasteiger charge is -2.32. The Labute approximate surface area is 170 Å². The summed E-state index contributed by atoms with van der Waals surface area (Å²) < 4.78 is 1.69. The van der Waals surface area contributed by atoms with Crippen LogP contribution in [0.2, 0.25) is 5.02 Å². The van der Waals surface area contributed by atoms with E-state index in [2.05, 4.69) is 15.3 Å². The summed E-state index contributed by atoms with van der Waals surface area (Å²) in [6, 6.07) is 8.00. The monoisotopic (exact) mass is 409 g/mol. The maximum absolute atomic E-state index is 13.2. The molecule has 2 aliphatic rings. The number of carbonyl (C=O) groups is 1. The molecule has 2 aromatic rings. The molecule has 3 heterocycles. The van der Waals surface area contributed by atoms with Crippen molar-refractivity contribution >= 4 is 29.9 Å². The predicted molar refractivity (Wildman–Crippen MR) is 110 cm³/mol. The van der Waals surface area contributed by atoms with Crippen LogP contribution in [0.25, 0.3) is 11.3 Å². The van der Waals surface area contributed by atoms with Crippen LogP contribution in [0.4, 0.5) is 0 Å². The summed E-state index contributed by atoms with van der Waals surface area (Å²) in [5.41, 5.74) is 2.09. The van der Waals surface area contributed by atoms with Gasteiger partial charge in [-0.25, -0.2) is 0 Å². The molecular weight excluding hydrogens is 385 g/mol. The van der Waals surface area contributed by atoms with E-state index in [1.165, 1.54) is 0 Å². The smallest absolute Gasteiger partial charge is 0.257 e. The second-order valence-electron chi connectivity index (χ2n) is 7.02.